The van der Waals surface area contributed by atoms with Gasteiger partial charge < -0.3 is 9.88 Å². The number of aromatic nitrogens is 2. The molecule has 3 heteroatoms. The lowest BCUT2D eigenvalue weighted by molar-refractivity contribution is 0.649. The van der Waals surface area contributed by atoms with Gasteiger partial charge in [-0.1, -0.05) is 6.07 Å². The molecule has 0 bridgehead atoms. The van der Waals surface area contributed by atoms with E-state index in [1.165, 1.54) is 11.1 Å². The molecule has 0 aromatic carbocycles. The Kier molecular flexibility index (Phi) is 3.37. The Labute approximate surface area is 96.1 Å². The number of pyridine rings is 1. The van der Waals surface area contributed by atoms with Gasteiger partial charge in [-0.15, -0.1) is 0 Å². The molecule has 1 atom stereocenters. The van der Waals surface area contributed by atoms with Gasteiger partial charge in [-0.05, 0) is 37.2 Å². The molecule has 3 nitrogen and oxygen atoms in total. The predicted octanol–water partition coefficient (Wildman–Crippen LogP) is 2.21. The SMILES string of the molecule is CNC(C)c1ccn(Cc2cccnc2)c1. The third-order valence-corrected chi connectivity index (χ3v) is 2.79. The number of hydrogen-bond acceptors (Lipinski definition) is 2. The first-order chi connectivity index (χ1) is 7.79. The van der Waals surface area contributed by atoms with E-state index in [-0.39, 0.29) is 0 Å². The maximum absolute atomic E-state index is 4.11. The second kappa shape index (κ2) is 4.94. The molecule has 84 valence electrons. The Bertz CT molecular complexity index is 433. The van der Waals surface area contributed by atoms with Crippen molar-refractivity contribution in [3.8, 4) is 0 Å². The molecule has 0 saturated carbocycles. The van der Waals surface area contributed by atoms with Crippen LogP contribution in [0.4, 0.5) is 0 Å². The molecule has 0 fully saturated rings. The van der Waals surface area contributed by atoms with Crippen LogP contribution in [0.1, 0.15) is 24.1 Å². The first-order valence-corrected chi connectivity index (χ1v) is 5.51. The van der Waals surface area contributed by atoms with Crippen LogP contribution in [0, 0.1) is 0 Å². The molecule has 2 heterocycles. The van der Waals surface area contributed by atoms with Gasteiger partial charge in [0, 0.05) is 37.4 Å². The van der Waals surface area contributed by atoms with Crippen molar-refractivity contribution >= 4 is 0 Å². The lowest BCUT2D eigenvalue weighted by Gasteiger charge is -2.07. The summed E-state index contributed by atoms with van der Waals surface area (Å²) in [6.45, 7) is 3.04. The topological polar surface area (TPSA) is 29.9 Å². The standard InChI is InChI=1S/C13H17N3/c1-11(14-2)13-5-7-16(10-13)9-12-4-3-6-15-8-12/h3-8,10-11,14H,9H2,1-2H3. The second-order valence-electron chi connectivity index (χ2n) is 3.99. The minimum atomic E-state index is 0.398. The van der Waals surface area contributed by atoms with Crippen molar-refractivity contribution in [2.45, 2.75) is 19.5 Å². The summed E-state index contributed by atoms with van der Waals surface area (Å²) in [5, 5.41) is 3.23. The summed E-state index contributed by atoms with van der Waals surface area (Å²) in [5.74, 6) is 0. The van der Waals surface area contributed by atoms with Gasteiger partial charge >= 0.3 is 0 Å². The van der Waals surface area contributed by atoms with Gasteiger partial charge in [-0.2, -0.15) is 0 Å². The molecule has 0 radical (unpaired) electrons. The first-order valence-electron chi connectivity index (χ1n) is 5.51. The van der Waals surface area contributed by atoms with E-state index in [2.05, 4.69) is 46.3 Å². The minimum Gasteiger partial charge on any atom is -0.350 e. The van der Waals surface area contributed by atoms with Gasteiger partial charge in [0.05, 0.1) is 0 Å². The van der Waals surface area contributed by atoms with E-state index in [9.17, 15) is 0 Å². The summed E-state index contributed by atoms with van der Waals surface area (Å²) >= 11 is 0. The molecule has 1 unspecified atom stereocenters. The average Bonchev–Trinajstić information content (AvgIpc) is 2.78. The zero-order chi connectivity index (χ0) is 11.4. The van der Waals surface area contributed by atoms with Gasteiger partial charge in [0.15, 0.2) is 0 Å². The average molecular weight is 215 g/mol. The molecule has 0 aliphatic heterocycles. The quantitative estimate of drug-likeness (QED) is 0.847. The number of nitrogens with one attached hydrogen (secondary N) is 1. The van der Waals surface area contributed by atoms with Crippen molar-refractivity contribution in [1.82, 2.24) is 14.9 Å². The van der Waals surface area contributed by atoms with E-state index >= 15 is 0 Å². The van der Waals surface area contributed by atoms with Crippen LogP contribution in [0.25, 0.3) is 0 Å². The maximum atomic E-state index is 4.11. The highest BCUT2D eigenvalue weighted by atomic mass is 14.9. The Morgan fingerprint density at radius 2 is 2.31 bits per heavy atom. The summed E-state index contributed by atoms with van der Waals surface area (Å²) < 4.78 is 2.18. The lowest BCUT2D eigenvalue weighted by atomic mass is 10.2. The molecule has 0 aliphatic rings. The molecule has 2 aromatic rings. The van der Waals surface area contributed by atoms with Crippen LogP contribution in [0.15, 0.2) is 43.0 Å². The summed E-state index contributed by atoms with van der Waals surface area (Å²) in [5.41, 5.74) is 2.54. The zero-order valence-corrected chi connectivity index (χ0v) is 9.72. The fourth-order valence-corrected chi connectivity index (χ4v) is 1.68. The number of rotatable bonds is 4. The molecule has 0 amide bonds. The molecule has 16 heavy (non-hydrogen) atoms. The fraction of sp³-hybridized carbons (Fsp3) is 0.308. The van der Waals surface area contributed by atoms with E-state index in [4.69, 9.17) is 0 Å². The van der Waals surface area contributed by atoms with Gasteiger partial charge in [-0.25, -0.2) is 0 Å². The van der Waals surface area contributed by atoms with E-state index < -0.39 is 0 Å². The molecule has 0 aliphatic carbocycles. The van der Waals surface area contributed by atoms with Crippen LogP contribution >= 0.6 is 0 Å². The van der Waals surface area contributed by atoms with E-state index in [0.717, 1.165) is 6.54 Å². The maximum Gasteiger partial charge on any atom is 0.0485 e. The third-order valence-electron chi connectivity index (χ3n) is 2.79. The van der Waals surface area contributed by atoms with Crippen LogP contribution in [0.5, 0.6) is 0 Å². The monoisotopic (exact) mass is 215 g/mol. The van der Waals surface area contributed by atoms with Crippen molar-refractivity contribution in [2.24, 2.45) is 0 Å². The Morgan fingerprint density at radius 3 is 3.00 bits per heavy atom. The lowest BCUT2D eigenvalue weighted by Crippen LogP contribution is -2.11. The van der Waals surface area contributed by atoms with E-state index in [1.54, 1.807) is 6.20 Å². The van der Waals surface area contributed by atoms with Crippen LogP contribution < -0.4 is 5.32 Å². The summed E-state index contributed by atoms with van der Waals surface area (Å²) in [6, 6.07) is 6.61. The van der Waals surface area contributed by atoms with Crippen LogP contribution in [-0.2, 0) is 6.54 Å². The molecular formula is C13H17N3. The summed E-state index contributed by atoms with van der Waals surface area (Å²) in [4.78, 5) is 4.11. The van der Waals surface area contributed by atoms with Crippen LogP contribution in [-0.4, -0.2) is 16.6 Å². The number of hydrogen-bond donors (Lipinski definition) is 1. The molecule has 2 aromatic heterocycles. The molecular weight excluding hydrogens is 198 g/mol. The highest BCUT2D eigenvalue weighted by molar-refractivity contribution is 5.17. The fourth-order valence-electron chi connectivity index (χ4n) is 1.68. The van der Waals surface area contributed by atoms with Crippen LogP contribution in [0.3, 0.4) is 0 Å². The molecule has 1 N–H and O–H groups in total. The highest BCUT2D eigenvalue weighted by Gasteiger charge is 2.04. The Hall–Kier alpha value is -1.61. The Balaban J connectivity index is 2.09. The second-order valence-corrected chi connectivity index (χ2v) is 3.99. The molecule has 0 saturated heterocycles. The largest absolute Gasteiger partial charge is 0.350 e. The minimum absolute atomic E-state index is 0.398. The molecule has 2 rings (SSSR count). The van der Waals surface area contributed by atoms with Crippen molar-refractivity contribution in [3.05, 3.63) is 54.1 Å². The third kappa shape index (κ3) is 2.49. The van der Waals surface area contributed by atoms with Crippen molar-refractivity contribution in [2.75, 3.05) is 7.05 Å². The normalized spacial score (nSPS) is 12.6. The van der Waals surface area contributed by atoms with Gasteiger partial charge in [-0.3, -0.25) is 4.98 Å². The van der Waals surface area contributed by atoms with Crippen molar-refractivity contribution in [1.29, 1.82) is 0 Å². The van der Waals surface area contributed by atoms with E-state index in [0.29, 0.717) is 6.04 Å². The molecule has 0 spiro atoms. The summed E-state index contributed by atoms with van der Waals surface area (Å²) in [6.07, 6.45) is 7.99. The predicted molar refractivity (Wildman–Crippen MR) is 65.2 cm³/mol. The Morgan fingerprint density at radius 1 is 1.44 bits per heavy atom. The first kappa shape index (κ1) is 10.9. The van der Waals surface area contributed by atoms with E-state index in [1.807, 2.05) is 19.3 Å². The number of nitrogens with zero attached hydrogens (tertiary/aromatic N) is 2. The summed E-state index contributed by atoms with van der Waals surface area (Å²) in [7, 11) is 1.98. The van der Waals surface area contributed by atoms with Gasteiger partial charge in [0.25, 0.3) is 0 Å². The van der Waals surface area contributed by atoms with Crippen LogP contribution in [0.2, 0.25) is 0 Å². The highest BCUT2D eigenvalue weighted by Crippen LogP contribution is 2.12. The smallest absolute Gasteiger partial charge is 0.0485 e. The van der Waals surface area contributed by atoms with Crippen molar-refractivity contribution < 1.29 is 0 Å². The van der Waals surface area contributed by atoms with Crippen molar-refractivity contribution in [3.63, 3.8) is 0 Å². The zero-order valence-electron chi connectivity index (χ0n) is 9.72. The van der Waals surface area contributed by atoms with Gasteiger partial charge in [0.1, 0.15) is 0 Å². The van der Waals surface area contributed by atoms with Gasteiger partial charge in [0.2, 0.25) is 0 Å².